The number of carbonyl (C=O) groups is 1. The predicted octanol–water partition coefficient (Wildman–Crippen LogP) is 5.72. The minimum absolute atomic E-state index is 0.140. The van der Waals surface area contributed by atoms with Gasteiger partial charge in [-0.15, -0.1) is 0 Å². The molecule has 29 heavy (non-hydrogen) atoms. The SMILES string of the molecule is O=C(CCc1ncc(-c2ccccc2F)o1)Nc1ccccc1-c1ccccc1. The van der Waals surface area contributed by atoms with Crippen molar-refractivity contribution < 1.29 is 13.6 Å². The van der Waals surface area contributed by atoms with E-state index in [1.165, 1.54) is 12.3 Å². The zero-order chi connectivity index (χ0) is 20.1. The van der Waals surface area contributed by atoms with Gasteiger partial charge in [-0.2, -0.15) is 0 Å². The molecule has 0 fully saturated rings. The van der Waals surface area contributed by atoms with Gasteiger partial charge in [0.25, 0.3) is 0 Å². The number of halogens is 1. The highest BCUT2D eigenvalue weighted by atomic mass is 19.1. The predicted molar refractivity (Wildman–Crippen MR) is 111 cm³/mol. The Balaban J connectivity index is 1.41. The summed E-state index contributed by atoms with van der Waals surface area (Å²) < 4.78 is 19.5. The van der Waals surface area contributed by atoms with Gasteiger partial charge in [0.05, 0.1) is 11.8 Å². The van der Waals surface area contributed by atoms with E-state index in [0.29, 0.717) is 23.6 Å². The monoisotopic (exact) mass is 386 g/mol. The summed E-state index contributed by atoms with van der Waals surface area (Å²) in [5.74, 6) is 0.243. The molecule has 0 atom stereocenters. The molecule has 0 aliphatic heterocycles. The van der Waals surface area contributed by atoms with Crippen LogP contribution in [0.2, 0.25) is 0 Å². The first-order valence-electron chi connectivity index (χ1n) is 9.34. The van der Waals surface area contributed by atoms with Crippen LogP contribution in [0.3, 0.4) is 0 Å². The number of amides is 1. The summed E-state index contributed by atoms with van der Waals surface area (Å²) in [6, 6.07) is 23.9. The van der Waals surface area contributed by atoms with Crippen molar-refractivity contribution in [1.82, 2.24) is 4.98 Å². The highest BCUT2D eigenvalue weighted by molar-refractivity contribution is 5.95. The van der Waals surface area contributed by atoms with E-state index in [-0.39, 0.29) is 18.1 Å². The van der Waals surface area contributed by atoms with Crippen molar-refractivity contribution in [3.05, 3.63) is 96.8 Å². The van der Waals surface area contributed by atoms with E-state index in [2.05, 4.69) is 10.3 Å². The Morgan fingerprint density at radius 3 is 2.38 bits per heavy atom. The zero-order valence-corrected chi connectivity index (χ0v) is 15.6. The van der Waals surface area contributed by atoms with Gasteiger partial charge in [0.2, 0.25) is 5.91 Å². The van der Waals surface area contributed by atoms with Crippen LogP contribution >= 0.6 is 0 Å². The molecule has 4 nitrogen and oxygen atoms in total. The van der Waals surface area contributed by atoms with E-state index in [1.807, 2.05) is 54.6 Å². The quantitative estimate of drug-likeness (QED) is 0.461. The summed E-state index contributed by atoms with van der Waals surface area (Å²) in [7, 11) is 0. The van der Waals surface area contributed by atoms with Crippen molar-refractivity contribution in [3.8, 4) is 22.5 Å². The molecule has 4 aromatic rings. The number of carbonyl (C=O) groups excluding carboxylic acids is 1. The van der Waals surface area contributed by atoms with Gasteiger partial charge in [-0.25, -0.2) is 9.37 Å². The smallest absolute Gasteiger partial charge is 0.224 e. The number of oxazole rings is 1. The molecule has 0 bridgehead atoms. The molecule has 0 aliphatic carbocycles. The van der Waals surface area contributed by atoms with Crippen molar-refractivity contribution in [3.63, 3.8) is 0 Å². The minimum atomic E-state index is -0.370. The van der Waals surface area contributed by atoms with Crippen LogP contribution in [-0.2, 0) is 11.2 Å². The Morgan fingerprint density at radius 1 is 0.897 bits per heavy atom. The number of aromatic nitrogens is 1. The van der Waals surface area contributed by atoms with Crippen LogP contribution in [0, 0.1) is 5.82 Å². The molecule has 1 amide bonds. The normalized spacial score (nSPS) is 10.7. The lowest BCUT2D eigenvalue weighted by molar-refractivity contribution is -0.116. The van der Waals surface area contributed by atoms with Gasteiger partial charge in [0.15, 0.2) is 11.7 Å². The van der Waals surface area contributed by atoms with Crippen LogP contribution in [0.1, 0.15) is 12.3 Å². The van der Waals surface area contributed by atoms with Crippen molar-refractivity contribution in [1.29, 1.82) is 0 Å². The van der Waals surface area contributed by atoms with Crippen molar-refractivity contribution in [2.45, 2.75) is 12.8 Å². The van der Waals surface area contributed by atoms with E-state index in [9.17, 15) is 9.18 Å². The molecule has 5 heteroatoms. The maximum Gasteiger partial charge on any atom is 0.224 e. The van der Waals surface area contributed by atoms with E-state index < -0.39 is 0 Å². The second-order valence-corrected chi connectivity index (χ2v) is 6.56. The lowest BCUT2D eigenvalue weighted by atomic mass is 10.0. The lowest BCUT2D eigenvalue weighted by Gasteiger charge is -2.11. The highest BCUT2D eigenvalue weighted by Crippen LogP contribution is 2.28. The van der Waals surface area contributed by atoms with Crippen LogP contribution in [0.5, 0.6) is 0 Å². The Morgan fingerprint density at radius 2 is 1.59 bits per heavy atom. The fourth-order valence-corrected chi connectivity index (χ4v) is 3.11. The van der Waals surface area contributed by atoms with Crippen LogP contribution in [-0.4, -0.2) is 10.9 Å². The Hall–Kier alpha value is -3.73. The minimum Gasteiger partial charge on any atom is -0.441 e. The molecule has 3 aromatic carbocycles. The molecule has 0 radical (unpaired) electrons. The molecule has 0 spiro atoms. The van der Waals surface area contributed by atoms with Crippen LogP contribution < -0.4 is 5.32 Å². The second-order valence-electron chi connectivity index (χ2n) is 6.56. The third-order valence-electron chi connectivity index (χ3n) is 4.54. The van der Waals surface area contributed by atoms with Gasteiger partial charge in [0.1, 0.15) is 5.82 Å². The van der Waals surface area contributed by atoms with Crippen molar-refractivity contribution in [2.75, 3.05) is 5.32 Å². The molecule has 4 rings (SSSR count). The molecule has 1 heterocycles. The van der Waals surface area contributed by atoms with Crippen molar-refractivity contribution in [2.24, 2.45) is 0 Å². The topological polar surface area (TPSA) is 55.1 Å². The average Bonchev–Trinajstić information content (AvgIpc) is 3.22. The molecular weight excluding hydrogens is 367 g/mol. The van der Waals surface area contributed by atoms with E-state index >= 15 is 0 Å². The molecule has 1 N–H and O–H groups in total. The van der Waals surface area contributed by atoms with Crippen LogP contribution in [0.15, 0.2) is 89.5 Å². The number of aryl methyl sites for hydroxylation is 1. The number of para-hydroxylation sites is 1. The van der Waals surface area contributed by atoms with E-state index in [0.717, 1.165) is 16.8 Å². The van der Waals surface area contributed by atoms with Crippen LogP contribution in [0.25, 0.3) is 22.5 Å². The van der Waals surface area contributed by atoms with Gasteiger partial charge < -0.3 is 9.73 Å². The van der Waals surface area contributed by atoms with Gasteiger partial charge in [-0.05, 0) is 23.8 Å². The number of hydrogen-bond acceptors (Lipinski definition) is 3. The van der Waals surface area contributed by atoms with E-state index in [4.69, 9.17) is 4.42 Å². The van der Waals surface area contributed by atoms with Crippen molar-refractivity contribution >= 4 is 11.6 Å². The Labute approximate surface area is 168 Å². The Kier molecular flexibility index (Phi) is 5.47. The third-order valence-corrected chi connectivity index (χ3v) is 4.54. The lowest BCUT2D eigenvalue weighted by Crippen LogP contribution is -2.13. The number of hydrogen-bond donors (Lipinski definition) is 1. The largest absolute Gasteiger partial charge is 0.441 e. The first-order chi connectivity index (χ1) is 14.2. The van der Waals surface area contributed by atoms with Gasteiger partial charge in [0, 0.05) is 24.1 Å². The third kappa shape index (κ3) is 4.41. The molecule has 0 aliphatic rings. The summed E-state index contributed by atoms with van der Waals surface area (Å²) in [6.45, 7) is 0. The van der Waals surface area contributed by atoms with E-state index in [1.54, 1.807) is 18.2 Å². The Bertz CT molecular complexity index is 1120. The standard InChI is InChI=1S/C24H19FN2O2/c25-20-12-6-4-11-19(20)22-16-26-24(29-22)15-14-23(28)27-21-13-7-5-10-18(21)17-8-2-1-3-9-17/h1-13,16H,14-15H2,(H,27,28). The zero-order valence-electron chi connectivity index (χ0n) is 15.6. The van der Waals surface area contributed by atoms with Gasteiger partial charge in [-0.3, -0.25) is 4.79 Å². The first kappa shape index (κ1) is 18.6. The molecule has 1 aromatic heterocycles. The first-order valence-corrected chi connectivity index (χ1v) is 9.34. The fraction of sp³-hybridized carbons (Fsp3) is 0.0833. The number of benzene rings is 3. The summed E-state index contributed by atoms with van der Waals surface area (Å²) in [5.41, 5.74) is 3.10. The number of nitrogens with zero attached hydrogens (tertiary/aromatic N) is 1. The summed E-state index contributed by atoms with van der Waals surface area (Å²) >= 11 is 0. The number of anilines is 1. The summed E-state index contributed by atoms with van der Waals surface area (Å²) in [5, 5.41) is 2.96. The molecule has 0 saturated carbocycles. The maximum atomic E-state index is 13.9. The fourth-order valence-electron chi connectivity index (χ4n) is 3.11. The number of nitrogens with one attached hydrogen (secondary N) is 1. The summed E-state index contributed by atoms with van der Waals surface area (Å²) in [6.07, 6.45) is 2.02. The average molecular weight is 386 g/mol. The molecular formula is C24H19FN2O2. The second kappa shape index (κ2) is 8.52. The molecule has 0 unspecified atom stereocenters. The highest BCUT2D eigenvalue weighted by Gasteiger charge is 2.13. The molecule has 144 valence electrons. The van der Waals surface area contributed by atoms with Crippen LogP contribution in [0.4, 0.5) is 10.1 Å². The van der Waals surface area contributed by atoms with Gasteiger partial charge in [-0.1, -0.05) is 60.7 Å². The maximum absolute atomic E-state index is 13.9. The number of rotatable bonds is 6. The summed E-state index contributed by atoms with van der Waals surface area (Å²) in [4.78, 5) is 16.6. The van der Waals surface area contributed by atoms with Gasteiger partial charge >= 0.3 is 0 Å². The molecule has 0 saturated heterocycles.